The Morgan fingerprint density at radius 2 is 1.93 bits per heavy atom. The van der Waals surface area contributed by atoms with Gasteiger partial charge in [-0.15, -0.1) is 0 Å². The highest BCUT2D eigenvalue weighted by atomic mass is 79.9. The van der Waals surface area contributed by atoms with Gasteiger partial charge < -0.3 is 20.1 Å². The molecule has 0 aliphatic carbocycles. The van der Waals surface area contributed by atoms with Crippen molar-refractivity contribution in [1.29, 1.82) is 0 Å². The van der Waals surface area contributed by atoms with Crippen molar-refractivity contribution in [2.24, 2.45) is 10.9 Å². The third-order valence-electron chi connectivity index (χ3n) is 4.93. The average molecular weight is 440 g/mol. The molecule has 1 heterocycles. The van der Waals surface area contributed by atoms with Gasteiger partial charge in [0.25, 0.3) is 0 Å². The van der Waals surface area contributed by atoms with Crippen molar-refractivity contribution < 1.29 is 9.47 Å². The molecule has 0 unspecified atom stereocenters. The molecule has 2 rings (SSSR count). The average Bonchev–Trinajstić information content (AvgIpc) is 2.68. The van der Waals surface area contributed by atoms with Crippen molar-refractivity contribution in [3.8, 4) is 0 Å². The Bertz CT molecular complexity index is 569. The van der Waals surface area contributed by atoms with Crippen molar-refractivity contribution in [2.75, 3.05) is 46.6 Å². The first-order valence-corrected chi connectivity index (χ1v) is 10.7. The molecule has 5 nitrogen and oxygen atoms in total. The SMILES string of the molecule is CN=C(NCCCOCC(C)C)NCC1(c2ccc(Br)cc2)CCOCC1. The summed E-state index contributed by atoms with van der Waals surface area (Å²) in [6.07, 6.45) is 3.00. The molecule has 1 aliphatic heterocycles. The summed E-state index contributed by atoms with van der Waals surface area (Å²) in [7, 11) is 1.82. The van der Waals surface area contributed by atoms with Crippen LogP contribution in [-0.2, 0) is 14.9 Å². The Hall–Kier alpha value is -1.11. The molecule has 0 atom stereocenters. The summed E-state index contributed by atoms with van der Waals surface area (Å²) in [5.74, 6) is 1.43. The molecule has 1 fully saturated rings. The van der Waals surface area contributed by atoms with Crippen molar-refractivity contribution in [3.63, 3.8) is 0 Å². The van der Waals surface area contributed by atoms with Crippen molar-refractivity contribution >= 4 is 21.9 Å². The number of hydrogen-bond donors (Lipinski definition) is 2. The van der Waals surface area contributed by atoms with Gasteiger partial charge in [-0.2, -0.15) is 0 Å². The molecule has 2 N–H and O–H groups in total. The highest BCUT2D eigenvalue weighted by molar-refractivity contribution is 9.10. The minimum absolute atomic E-state index is 0.0803. The zero-order valence-electron chi connectivity index (χ0n) is 16.9. The van der Waals surface area contributed by atoms with E-state index in [0.717, 1.165) is 69.2 Å². The largest absolute Gasteiger partial charge is 0.381 e. The predicted octanol–water partition coefficient (Wildman–Crippen LogP) is 3.73. The van der Waals surface area contributed by atoms with E-state index in [1.807, 2.05) is 7.05 Å². The number of halogens is 1. The second-order valence-electron chi connectivity index (χ2n) is 7.57. The number of rotatable bonds is 9. The van der Waals surface area contributed by atoms with Crippen LogP contribution < -0.4 is 10.6 Å². The standard InChI is InChI=1S/C21H34BrN3O2/c1-17(2)15-27-12-4-11-24-20(23-3)25-16-21(9-13-26-14-10-21)18-5-7-19(22)8-6-18/h5-8,17H,4,9-16H2,1-3H3,(H2,23,24,25). The minimum atomic E-state index is 0.0803. The van der Waals surface area contributed by atoms with Crippen LogP contribution in [0.4, 0.5) is 0 Å². The van der Waals surface area contributed by atoms with Crippen LogP contribution in [-0.4, -0.2) is 52.5 Å². The summed E-state index contributed by atoms with van der Waals surface area (Å²) >= 11 is 3.53. The lowest BCUT2D eigenvalue weighted by Gasteiger charge is -2.38. The summed E-state index contributed by atoms with van der Waals surface area (Å²) in [4.78, 5) is 4.37. The van der Waals surface area contributed by atoms with Crippen LogP contribution >= 0.6 is 15.9 Å². The van der Waals surface area contributed by atoms with Crippen molar-refractivity contribution in [2.45, 2.75) is 38.5 Å². The fourth-order valence-electron chi connectivity index (χ4n) is 3.31. The highest BCUT2D eigenvalue weighted by Gasteiger charge is 2.34. The number of nitrogens with one attached hydrogen (secondary N) is 2. The van der Waals surface area contributed by atoms with Gasteiger partial charge in [0.05, 0.1) is 0 Å². The molecule has 0 radical (unpaired) electrons. The smallest absolute Gasteiger partial charge is 0.191 e. The molecule has 0 bridgehead atoms. The first-order chi connectivity index (χ1) is 13.1. The summed E-state index contributed by atoms with van der Waals surface area (Å²) in [6.45, 7) is 9.25. The van der Waals surface area contributed by atoms with E-state index in [4.69, 9.17) is 9.47 Å². The van der Waals surface area contributed by atoms with Crippen LogP contribution in [0, 0.1) is 5.92 Å². The zero-order chi connectivity index (χ0) is 19.5. The van der Waals surface area contributed by atoms with Gasteiger partial charge in [-0.25, -0.2) is 0 Å². The lowest BCUT2D eigenvalue weighted by molar-refractivity contribution is 0.0513. The third-order valence-corrected chi connectivity index (χ3v) is 5.46. The van der Waals surface area contributed by atoms with Crippen LogP contribution in [0.1, 0.15) is 38.7 Å². The molecular formula is C21H34BrN3O2. The Labute approximate surface area is 172 Å². The topological polar surface area (TPSA) is 54.9 Å². The van der Waals surface area contributed by atoms with E-state index in [9.17, 15) is 0 Å². The maximum atomic E-state index is 5.63. The molecule has 1 aromatic rings. The maximum absolute atomic E-state index is 5.63. The van der Waals surface area contributed by atoms with Crippen LogP contribution in [0.2, 0.25) is 0 Å². The van der Waals surface area contributed by atoms with Gasteiger partial charge in [0.2, 0.25) is 0 Å². The fourth-order valence-corrected chi connectivity index (χ4v) is 3.57. The lowest BCUT2D eigenvalue weighted by Crippen LogP contribution is -2.48. The lowest BCUT2D eigenvalue weighted by atomic mass is 9.74. The number of nitrogens with zero attached hydrogens (tertiary/aromatic N) is 1. The number of benzene rings is 1. The Kier molecular flexibility index (Phi) is 9.59. The Balaban J connectivity index is 1.85. The first kappa shape index (κ1) is 22.2. The number of hydrogen-bond acceptors (Lipinski definition) is 3. The molecular weight excluding hydrogens is 406 g/mol. The summed E-state index contributed by atoms with van der Waals surface area (Å²) in [5.41, 5.74) is 1.44. The Morgan fingerprint density at radius 3 is 2.56 bits per heavy atom. The van der Waals surface area contributed by atoms with Crippen molar-refractivity contribution in [1.82, 2.24) is 10.6 Å². The summed E-state index contributed by atoms with van der Waals surface area (Å²) < 4.78 is 12.4. The molecule has 1 aliphatic rings. The first-order valence-electron chi connectivity index (χ1n) is 9.92. The van der Waals surface area contributed by atoms with E-state index in [2.05, 4.69) is 69.7 Å². The molecule has 0 amide bonds. The molecule has 1 aromatic carbocycles. The molecule has 1 saturated heterocycles. The van der Waals surface area contributed by atoms with Crippen LogP contribution in [0.3, 0.4) is 0 Å². The predicted molar refractivity (Wildman–Crippen MR) is 116 cm³/mol. The van der Waals surface area contributed by atoms with E-state index < -0.39 is 0 Å². The molecule has 0 spiro atoms. The van der Waals surface area contributed by atoms with Crippen LogP contribution in [0.15, 0.2) is 33.7 Å². The zero-order valence-corrected chi connectivity index (χ0v) is 18.5. The van der Waals surface area contributed by atoms with E-state index in [1.165, 1.54) is 5.56 Å². The van der Waals surface area contributed by atoms with E-state index >= 15 is 0 Å². The third kappa shape index (κ3) is 7.43. The van der Waals surface area contributed by atoms with E-state index in [0.29, 0.717) is 5.92 Å². The van der Waals surface area contributed by atoms with E-state index in [-0.39, 0.29) is 5.41 Å². The second-order valence-corrected chi connectivity index (χ2v) is 8.49. The number of ether oxygens (including phenoxy) is 2. The molecule has 6 heteroatoms. The normalized spacial score (nSPS) is 17.1. The minimum Gasteiger partial charge on any atom is -0.381 e. The molecule has 27 heavy (non-hydrogen) atoms. The summed E-state index contributed by atoms with van der Waals surface area (Å²) in [6, 6.07) is 8.69. The molecule has 152 valence electrons. The van der Waals surface area contributed by atoms with Gasteiger partial charge >= 0.3 is 0 Å². The molecule has 0 saturated carbocycles. The van der Waals surface area contributed by atoms with Gasteiger partial charge in [0.1, 0.15) is 0 Å². The highest BCUT2D eigenvalue weighted by Crippen LogP contribution is 2.34. The van der Waals surface area contributed by atoms with Gasteiger partial charge in [-0.3, -0.25) is 4.99 Å². The number of guanidine groups is 1. The second kappa shape index (κ2) is 11.7. The van der Waals surface area contributed by atoms with Gasteiger partial charge in [0, 0.05) is 56.5 Å². The molecule has 0 aromatic heterocycles. The van der Waals surface area contributed by atoms with E-state index in [1.54, 1.807) is 0 Å². The van der Waals surface area contributed by atoms with Gasteiger partial charge in [-0.1, -0.05) is 41.9 Å². The van der Waals surface area contributed by atoms with Crippen molar-refractivity contribution in [3.05, 3.63) is 34.3 Å². The maximum Gasteiger partial charge on any atom is 0.191 e. The fraction of sp³-hybridized carbons (Fsp3) is 0.667. The monoisotopic (exact) mass is 439 g/mol. The van der Waals surface area contributed by atoms with Gasteiger partial charge in [-0.05, 0) is 42.9 Å². The summed E-state index contributed by atoms with van der Waals surface area (Å²) in [5, 5.41) is 6.93. The van der Waals surface area contributed by atoms with Gasteiger partial charge in [0.15, 0.2) is 5.96 Å². The van der Waals surface area contributed by atoms with Crippen LogP contribution in [0.5, 0.6) is 0 Å². The quantitative estimate of drug-likeness (QED) is 0.349. The Morgan fingerprint density at radius 1 is 1.22 bits per heavy atom. The van der Waals surface area contributed by atoms with Crippen LogP contribution in [0.25, 0.3) is 0 Å². The number of aliphatic imine (C=N–C) groups is 1.